The first-order valence-electron chi connectivity index (χ1n) is 7.45. The molecule has 0 nitrogen and oxygen atoms in total. The van der Waals surface area contributed by atoms with Gasteiger partial charge in [0.1, 0.15) is 0 Å². The predicted octanol–water partition coefficient (Wildman–Crippen LogP) is 5.77. The van der Waals surface area contributed by atoms with Crippen LogP contribution in [0.25, 0.3) is 0 Å². The maximum absolute atomic E-state index is 2.49. The van der Waals surface area contributed by atoms with Crippen LogP contribution in [0.4, 0.5) is 0 Å². The first kappa shape index (κ1) is 16.0. The minimum absolute atomic E-state index is 0.836. The van der Waals surface area contributed by atoms with Crippen molar-refractivity contribution in [2.75, 3.05) is 0 Å². The van der Waals surface area contributed by atoms with Crippen molar-refractivity contribution in [3.63, 3.8) is 0 Å². The highest BCUT2D eigenvalue weighted by atomic mass is 14.3. The molecule has 0 aliphatic heterocycles. The van der Waals surface area contributed by atoms with Crippen molar-refractivity contribution in [1.29, 1.82) is 0 Å². The summed E-state index contributed by atoms with van der Waals surface area (Å²) in [4.78, 5) is 0. The van der Waals surface area contributed by atoms with Gasteiger partial charge >= 0.3 is 0 Å². The summed E-state index contributed by atoms with van der Waals surface area (Å²) >= 11 is 0. The summed E-state index contributed by atoms with van der Waals surface area (Å²) in [5.41, 5.74) is 0. The SMILES string of the molecule is CCCCC(C(C)C)C(C)C(CC)C(C)C. The third kappa shape index (κ3) is 4.89. The molecule has 0 saturated heterocycles. The topological polar surface area (TPSA) is 0 Å². The Kier molecular flexibility index (Phi) is 8.14. The molecule has 0 aromatic rings. The van der Waals surface area contributed by atoms with E-state index < -0.39 is 0 Å². The van der Waals surface area contributed by atoms with E-state index in [1.54, 1.807) is 0 Å². The highest BCUT2D eigenvalue weighted by Crippen LogP contribution is 2.36. The van der Waals surface area contributed by atoms with Crippen LogP contribution in [-0.2, 0) is 0 Å². The molecule has 0 aromatic carbocycles. The van der Waals surface area contributed by atoms with Crippen LogP contribution in [0.1, 0.15) is 74.1 Å². The average molecular weight is 226 g/mol. The number of hydrogen-bond acceptors (Lipinski definition) is 0. The molecule has 16 heavy (non-hydrogen) atoms. The molecule has 0 heterocycles. The fourth-order valence-corrected chi connectivity index (χ4v) is 3.41. The van der Waals surface area contributed by atoms with E-state index in [1.165, 1.54) is 25.7 Å². The highest BCUT2D eigenvalue weighted by molar-refractivity contribution is 4.77. The molecule has 0 aromatic heterocycles. The Morgan fingerprint density at radius 2 is 1.25 bits per heavy atom. The van der Waals surface area contributed by atoms with Crippen LogP contribution in [0.3, 0.4) is 0 Å². The molecule has 0 fully saturated rings. The van der Waals surface area contributed by atoms with E-state index in [9.17, 15) is 0 Å². The first-order valence-corrected chi connectivity index (χ1v) is 7.45. The average Bonchev–Trinajstić information content (AvgIpc) is 2.18. The van der Waals surface area contributed by atoms with Crippen molar-refractivity contribution in [2.24, 2.45) is 29.6 Å². The Labute approximate surface area is 104 Å². The summed E-state index contributed by atoms with van der Waals surface area (Å²) in [6.45, 7) is 16.8. The molecule has 0 amide bonds. The van der Waals surface area contributed by atoms with Gasteiger partial charge in [-0.3, -0.25) is 0 Å². The predicted molar refractivity (Wildman–Crippen MR) is 75.6 cm³/mol. The summed E-state index contributed by atoms with van der Waals surface area (Å²) in [5.74, 6) is 4.39. The van der Waals surface area contributed by atoms with Crippen molar-refractivity contribution < 1.29 is 0 Å². The zero-order valence-corrected chi connectivity index (χ0v) is 12.7. The van der Waals surface area contributed by atoms with Crippen LogP contribution >= 0.6 is 0 Å². The van der Waals surface area contributed by atoms with Gasteiger partial charge in [-0.15, -0.1) is 0 Å². The van der Waals surface area contributed by atoms with Crippen molar-refractivity contribution in [3.8, 4) is 0 Å². The Balaban J connectivity index is 4.50. The maximum Gasteiger partial charge on any atom is -0.0363 e. The van der Waals surface area contributed by atoms with E-state index in [0.717, 1.165) is 29.6 Å². The van der Waals surface area contributed by atoms with E-state index in [0.29, 0.717) is 0 Å². The summed E-state index contributed by atoms with van der Waals surface area (Å²) < 4.78 is 0. The molecule has 0 N–H and O–H groups in total. The summed E-state index contributed by atoms with van der Waals surface area (Å²) in [5, 5.41) is 0. The Morgan fingerprint density at radius 1 is 0.750 bits per heavy atom. The van der Waals surface area contributed by atoms with Gasteiger partial charge in [0.05, 0.1) is 0 Å². The molecule has 0 rings (SSSR count). The molecule has 98 valence electrons. The lowest BCUT2D eigenvalue weighted by atomic mass is 9.70. The molecule has 0 aliphatic rings. The van der Waals surface area contributed by atoms with Crippen molar-refractivity contribution >= 4 is 0 Å². The van der Waals surface area contributed by atoms with Gasteiger partial charge in [-0.1, -0.05) is 67.7 Å². The molecular weight excluding hydrogens is 192 g/mol. The lowest BCUT2D eigenvalue weighted by Crippen LogP contribution is -2.27. The van der Waals surface area contributed by atoms with Crippen molar-refractivity contribution in [1.82, 2.24) is 0 Å². The third-order valence-electron chi connectivity index (χ3n) is 4.43. The van der Waals surface area contributed by atoms with Gasteiger partial charge < -0.3 is 0 Å². The second kappa shape index (κ2) is 8.14. The number of hydrogen-bond donors (Lipinski definition) is 0. The second-order valence-electron chi connectivity index (χ2n) is 6.23. The number of rotatable bonds is 8. The van der Waals surface area contributed by atoms with Gasteiger partial charge in [0.15, 0.2) is 0 Å². The zero-order valence-electron chi connectivity index (χ0n) is 12.7. The normalized spacial score (nSPS) is 17.8. The van der Waals surface area contributed by atoms with E-state index in [4.69, 9.17) is 0 Å². The zero-order chi connectivity index (χ0) is 12.7. The fourth-order valence-electron chi connectivity index (χ4n) is 3.41. The molecule has 0 saturated carbocycles. The van der Waals surface area contributed by atoms with Crippen molar-refractivity contribution in [3.05, 3.63) is 0 Å². The molecule has 3 unspecified atom stereocenters. The first-order chi connectivity index (χ1) is 7.45. The molecule has 3 atom stereocenters. The lowest BCUT2D eigenvalue weighted by Gasteiger charge is -2.35. The van der Waals surface area contributed by atoms with E-state index in [1.807, 2.05) is 0 Å². The third-order valence-corrected chi connectivity index (χ3v) is 4.43. The fraction of sp³-hybridized carbons (Fsp3) is 1.00. The molecule has 0 spiro atoms. The molecule has 0 bridgehead atoms. The van der Waals surface area contributed by atoms with E-state index in [2.05, 4.69) is 48.5 Å². The van der Waals surface area contributed by atoms with Crippen LogP contribution in [0.15, 0.2) is 0 Å². The Bertz CT molecular complexity index is 157. The minimum Gasteiger partial charge on any atom is -0.0654 e. The van der Waals surface area contributed by atoms with Crippen LogP contribution in [0.5, 0.6) is 0 Å². The Hall–Kier alpha value is 0. The lowest BCUT2D eigenvalue weighted by molar-refractivity contribution is 0.141. The maximum atomic E-state index is 2.49. The monoisotopic (exact) mass is 226 g/mol. The van der Waals surface area contributed by atoms with Crippen LogP contribution in [-0.4, -0.2) is 0 Å². The molecule has 0 radical (unpaired) electrons. The Morgan fingerprint density at radius 3 is 1.56 bits per heavy atom. The minimum atomic E-state index is 0.836. The highest BCUT2D eigenvalue weighted by Gasteiger charge is 2.28. The molecular formula is C16H34. The quantitative estimate of drug-likeness (QED) is 0.493. The summed E-state index contributed by atoms with van der Waals surface area (Å²) in [6.07, 6.45) is 5.52. The van der Waals surface area contributed by atoms with E-state index in [-0.39, 0.29) is 0 Å². The van der Waals surface area contributed by atoms with Gasteiger partial charge in [-0.05, 0) is 36.0 Å². The standard InChI is InChI=1S/C16H34/c1-8-10-11-16(13(5)6)14(7)15(9-2)12(3)4/h12-16H,8-11H2,1-7H3. The van der Waals surface area contributed by atoms with Gasteiger partial charge in [-0.2, -0.15) is 0 Å². The second-order valence-corrected chi connectivity index (χ2v) is 6.23. The number of unbranched alkanes of at least 4 members (excludes halogenated alkanes) is 1. The summed E-state index contributed by atoms with van der Waals surface area (Å²) in [6, 6.07) is 0. The largest absolute Gasteiger partial charge is 0.0654 e. The van der Waals surface area contributed by atoms with Gasteiger partial charge in [0, 0.05) is 0 Å². The van der Waals surface area contributed by atoms with Crippen LogP contribution in [0, 0.1) is 29.6 Å². The van der Waals surface area contributed by atoms with Crippen LogP contribution < -0.4 is 0 Å². The molecule has 0 heteroatoms. The van der Waals surface area contributed by atoms with Crippen molar-refractivity contribution in [2.45, 2.75) is 74.1 Å². The summed E-state index contributed by atoms with van der Waals surface area (Å²) in [7, 11) is 0. The van der Waals surface area contributed by atoms with Gasteiger partial charge in [0.25, 0.3) is 0 Å². The molecule has 0 aliphatic carbocycles. The van der Waals surface area contributed by atoms with E-state index >= 15 is 0 Å². The van der Waals surface area contributed by atoms with Gasteiger partial charge in [-0.25, -0.2) is 0 Å². The van der Waals surface area contributed by atoms with Crippen LogP contribution in [0.2, 0.25) is 0 Å². The smallest absolute Gasteiger partial charge is 0.0363 e. The van der Waals surface area contributed by atoms with Gasteiger partial charge in [0.2, 0.25) is 0 Å².